The van der Waals surface area contributed by atoms with E-state index in [1.807, 2.05) is 48.5 Å². The fraction of sp³-hybridized carbons (Fsp3) is 0.0370. The van der Waals surface area contributed by atoms with Crippen molar-refractivity contribution in [3.8, 4) is 23.0 Å². The number of rotatable bonds is 3. The molecular weight excluding hydrogens is 500 g/mol. The molecule has 1 unspecified atom stereocenters. The van der Waals surface area contributed by atoms with E-state index in [0.717, 1.165) is 10.5 Å². The molecule has 5 nitrogen and oxygen atoms in total. The van der Waals surface area contributed by atoms with Crippen LogP contribution < -0.4 is 9.47 Å². The van der Waals surface area contributed by atoms with Gasteiger partial charge in [0, 0.05) is 33.7 Å². The van der Waals surface area contributed by atoms with Crippen LogP contribution in [0.1, 0.15) is 27.0 Å². The Balaban J connectivity index is 1.37. The highest BCUT2D eigenvalue weighted by molar-refractivity contribution is 8.83. The number of fused-ring (bicyclic) bond motifs is 6. The normalized spacial score (nSPS) is 17.1. The molecule has 6 rings (SSSR count). The number of hydrogen-bond donors (Lipinski definition) is 1. The van der Waals surface area contributed by atoms with Crippen molar-refractivity contribution in [1.82, 2.24) is 0 Å². The monoisotopic (exact) mass is 516 g/mol. The second-order valence-corrected chi connectivity index (χ2v) is 10.7. The molecule has 0 bridgehead atoms. The number of carbonyl (C=O) groups is 1. The minimum Gasteiger partial charge on any atom is -0.508 e. The van der Waals surface area contributed by atoms with Crippen LogP contribution in [0.15, 0.2) is 95.9 Å². The summed E-state index contributed by atoms with van der Waals surface area (Å²) in [5, 5.41) is 10.1. The van der Waals surface area contributed by atoms with E-state index < -0.39 is 11.6 Å². The van der Waals surface area contributed by atoms with E-state index in [9.17, 15) is 9.90 Å². The first-order valence-electron chi connectivity index (χ1n) is 10.6. The Bertz CT molecular complexity index is 1490. The van der Waals surface area contributed by atoms with Gasteiger partial charge in [-0.2, -0.15) is 0 Å². The van der Waals surface area contributed by atoms with Gasteiger partial charge in [0.15, 0.2) is 5.60 Å². The SMILES string of the molecule is O=C1OC2(c3ccc(O)cc3Oc3cc(OC(=S)SSc4ccccc4)ccc32)c2ccccc21. The van der Waals surface area contributed by atoms with Gasteiger partial charge < -0.3 is 19.3 Å². The fourth-order valence-electron chi connectivity index (χ4n) is 4.38. The minimum atomic E-state index is -1.19. The van der Waals surface area contributed by atoms with Crippen molar-refractivity contribution >= 4 is 44.2 Å². The first-order chi connectivity index (χ1) is 17.0. The predicted octanol–water partition coefficient (Wildman–Crippen LogP) is 7.06. The lowest BCUT2D eigenvalue weighted by Gasteiger charge is -2.36. The highest BCUT2D eigenvalue weighted by atomic mass is 33.1. The molecular formula is C27H16O5S3. The summed E-state index contributed by atoms with van der Waals surface area (Å²) in [6, 6.07) is 27.3. The predicted molar refractivity (Wildman–Crippen MR) is 139 cm³/mol. The van der Waals surface area contributed by atoms with E-state index in [4.69, 9.17) is 26.4 Å². The van der Waals surface area contributed by atoms with Crippen LogP contribution in [0, 0.1) is 0 Å². The van der Waals surface area contributed by atoms with Crippen LogP contribution in [-0.4, -0.2) is 15.5 Å². The van der Waals surface area contributed by atoms with Crippen molar-refractivity contribution in [2.45, 2.75) is 10.5 Å². The van der Waals surface area contributed by atoms with Gasteiger partial charge in [-0.15, -0.1) is 0 Å². The van der Waals surface area contributed by atoms with Gasteiger partial charge in [-0.05, 0) is 76.3 Å². The number of ether oxygens (including phenoxy) is 3. The average molecular weight is 517 g/mol. The summed E-state index contributed by atoms with van der Waals surface area (Å²) in [5.41, 5.74) is 1.33. The van der Waals surface area contributed by atoms with Crippen LogP contribution in [0.4, 0.5) is 0 Å². The summed E-state index contributed by atoms with van der Waals surface area (Å²) in [5.74, 6) is 0.974. The maximum Gasteiger partial charge on any atom is 0.340 e. The molecule has 2 heterocycles. The number of phenolic OH excluding ortho intramolecular Hbond substituents is 1. The molecule has 0 aliphatic carbocycles. The molecule has 0 fully saturated rings. The summed E-state index contributed by atoms with van der Waals surface area (Å²) >= 11 is 5.41. The maximum absolute atomic E-state index is 12.9. The fourth-order valence-corrected chi connectivity index (χ4v) is 6.27. The number of phenols is 1. The van der Waals surface area contributed by atoms with E-state index in [2.05, 4.69) is 0 Å². The third-order valence-corrected chi connectivity index (χ3v) is 8.52. The highest BCUT2D eigenvalue weighted by Crippen LogP contribution is 2.57. The standard InChI is InChI=1S/C27H16O5S3/c28-16-10-12-21-23(14-16)31-24-15-17(30-26(33)35-34-18-6-2-1-3-7-18)11-13-22(24)27(21)20-9-5-4-8-19(20)25(29)32-27/h1-15,28H. The molecule has 1 N–H and O–H groups in total. The number of hydrogen-bond acceptors (Lipinski definition) is 8. The Morgan fingerprint density at radius 2 is 1.57 bits per heavy atom. The van der Waals surface area contributed by atoms with E-state index in [1.54, 1.807) is 36.4 Å². The van der Waals surface area contributed by atoms with Crippen molar-refractivity contribution < 1.29 is 24.1 Å². The Kier molecular flexibility index (Phi) is 5.44. The summed E-state index contributed by atoms with van der Waals surface area (Å²) in [7, 11) is 2.86. The van der Waals surface area contributed by atoms with Gasteiger partial charge >= 0.3 is 5.97 Å². The molecule has 35 heavy (non-hydrogen) atoms. The molecule has 172 valence electrons. The van der Waals surface area contributed by atoms with Crippen molar-refractivity contribution in [1.29, 1.82) is 0 Å². The van der Waals surface area contributed by atoms with Gasteiger partial charge in [0.25, 0.3) is 0 Å². The molecule has 0 amide bonds. The van der Waals surface area contributed by atoms with E-state index in [0.29, 0.717) is 38.3 Å². The molecule has 8 heteroatoms. The number of carbonyl (C=O) groups excluding carboxylic acids is 1. The Morgan fingerprint density at radius 3 is 2.40 bits per heavy atom. The van der Waals surface area contributed by atoms with Crippen LogP contribution in [-0.2, 0) is 10.3 Å². The van der Waals surface area contributed by atoms with Gasteiger partial charge in [-0.1, -0.05) is 36.4 Å². The largest absolute Gasteiger partial charge is 0.508 e. The van der Waals surface area contributed by atoms with Crippen LogP contribution in [0.5, 0.6) is 23.0 Å². The van der Waals surface area contributed by atoms with Crippen molar-refractivity contribution in [2.75, 3.05) is 0 Å². The summed E-state index contributed by atoms with van der Waals surface area (Å²) < 4.78 is 18.5. The second kappa shape index (κ2) is 8.64. The van der Waals surface area contributed by atoms with Crippen LogP contribution in [0.2, 0.25) is 0 Å². The van der Waals surface area contributed by atoms with Gasteiger partial charge in [-0.3, -0.25) is 0 Å². The molecule has 0 aromatic heterocycles. The third kappa shape index (κ3) is 3.74. The number of thiocarbonyl (C=S) groups is 1. The van der Waals surface area contributed by atoms with Crippen LogP contribution in [0.25, 0.3) is 0 Å². The Hall–Kier alpha value is -3.46. The van der Waals surface area contributed by atoms with E-state index in [1.165, 1.54) is 27.7 Å². The van der Waals surface area contributed by atoms with Crippen molar-refractivity contribution in [2.24, 2.45) is 0 Å². The topological polar surface area (TPSA) is 65.0 Å². The molecule has 0 saturated carbocycles. The zero-order valence-electron chi connectivity index (χ0n) is 18.0. The Labute approximate surface area is 214 Å². The molecule has 0 radical (unpaired) electrons. The summed E-state index contributed by atoms with van der Waals surface area (Å²) in [6.07, 6.45) is 0. The maximum atomic E-state index is 12.9. The Morgan fingerprint density at radius 1 is 0.857 bits per heavy atom. The highest BCUT2D eigenvalue weighted by Gasteiger charge is 2.53. The lowest BCUT2D eigenvalue weighted by Crippen LogP contribution is -2.32. The van der Waals surface area contributed by atoms with E-state index in [-0.39, 0.29) is 5.75 Å². The lowest BCUT2D eigenvalue weighted by atomic mass is 9.77. The van der Waals surface area contributed by atoms with Crippen LogP contribution in [0.3, 0.4) is 0 Å². The van der Waals surface area contributed by atoms with Gasteiger partial charge in [0.1, 0.15) is 23.0 Å². The average Bonchev–Trinajstić information content (AvgIpc) is 3.16. The first kappa shape index (κ1) is 22.0. The number of aromatic hydroxyl groups is 1. The number of benzene rings is 4. The van der Waals surface area contributed by atoms with Gasteiger partial charge in [0.05, 0.1) is 5.56 Å². The molecule has 2 aliphatic rings. The minimum absolute atomic E-state index is 0.0443. The van der Waals surface area contributed by atoms with E-state index >= 15 is 0 Å². The zero-order chi connectivity index (χ0) is 24.0. The van der Waals surface area contributed by atoms with Crippen molar-refractivity contribution in [3.05, 3.63) is 113 Å². The lowest BCUT2D eigenvalue weighted by molar-refractivity contribution is 0.0224. The molecule has 1 spiro atoms. The molecule has 0 saturated heterocycles. The van der Waals surface area contributed by atoms with Gasteiger partial charge in [0.2, 0.25) is 4.38 Å². The first-order valence-corrected chi connectivity index (χ1v) is 13.2. The zero-order valence-corrected chi connectivity index (χ0v) is 20.4. The number of esters is 1. The van der Waals surface area contributed by atoms with Crippen LogP contribution >= 0.6 is 33.8 Å². The summed E-state index contributed by atoms with van der Waals surface area (Å²) in [6.45, 7) is 0. The third-order valence-electron chi connectivity index (χ3n) is 5.82. The second-order valence-electron chi connectivity index (χ2n) is 7.89. The van der Waals surface area contributed by atoms with Crippen molar-refractivity contribution in [3.63, 3.8) is 0 Å². The molecule has 4 aromatic rings. The quantitative estimate of drug-likeness (QED) is 0.176. The smallest absolute Gasteiger partial charge is 0.340 e. The molecule has 1 atom stereocenters. The van der Waals surface area contributed by atoms with Gasteiger partial charge in [-0.25, -0.2) is 4.79 Å². The molecule has 2 aliphatic heterocycles. The summed E-state index contributed by atoms with van der Waals surface area (Å²) in [4.78, 5) is 13.9. The molecule has 4 aromatic carbocycles.